The summed E-state index contributed by atoms with van der Waals surface area (Å²) >= 11 is 1.83. The molecule has 0 amide bonds. The first-order valence-electron chi connectivity index (χ1n) is 9.51. The van der Waals surface area contributed by atoms with Gasteiger partial charge in [0.25, 0.3) is 5.89 Å². The minimum Gasteiger partial charge on any atom is -0.488 e. The largest absolute Gasteiger partial charge is 0.488 e. The highest BCUT2D eigenvalue weighted by molar-refractivity contribution is 7.10. The Morgan fingerprint density at radius 2 is 1.86 bits per heavy atom. The average molecular weight is 404 g/mol. The van der Waals surface area contributed by atoms with E-state index in [0.29, 0.717) is 11.7 Å². The maximum absolute atomic E-state index is 6.09. The third-order valence-corrected chi connectivity index (χ3v) is 6.04. The summed E-state index contributed by atoms with van der Waals surface area (Å²) in [7, 11) is 0. The van der Waals surface area contributed by atoms with Crippen LogP contribution in [0.2, 0.25) is 0 Å². The van der Waals surface area contributed by atoms with E-state index in [-0.39, 0.29) is 6.10 Å². The SMILES string of the molecule is Cc1ccsc1CN1CC(Oc2ccc(-c3noc(-c4ccncc4)n3)cc2)C1. The maximum atomic E-state index is 6.09. The number of pyridine rings is 1. The molecule has 5 rings (SSSR count). The van der Waals surface area contributed by atoms with Gasteiger partial charge in [-0.15, -0.1) is 11.3 Å². The van der Waals surface area contributed by atoms with Gasteiger partial charge in [-0.3, -0.25) is 9.88 Å². The van der Waals surface area contributed by atoms with Crippen molar-refractivity contribution >= 4 is 11.3 Å². The first kappa shape index (κ1) is 18.0. The Labute approximate surface area is 172 Å². The van der Waals surface area contributed by atoms with Gasteiger partial charge in [0, 0.05) is 48.0 Å². The Kier molecular flexibility index (Phi) is 4.83. The fourth-order valence-corrected chi connectivity index (χ4v) is 4.27. The van der Waals surface area contributed by atoms with Crippen LogP contribution in [0.25, 0.3) is 22.8 Å². The van der Waals surface area contributed by atoms with Gasteiger partial charge in [0.2, 0.25) is 5.82 Å². The number of nitrogens with zero attached hydrogens (tertiary/aromatic N) is 4. The van der Waals surface area contributed by atoms with E-state index in [4.69, 9.17) is 9.26 Å². The standard InChI is InChI=1S/C22H20N4O2S/c1-15-8-11-29-20(15)14-26-12-19(13-26)27-18-4-2-16(3-5-18)21-24-22(28-25-21)17-6-9-23-10-7-17/h2-11,19H,12-14H2,1H3. The molecular formula is C22H20N4O2S. The Balaban J connectivity index is 1.17. The Bertz CT molecular complexity index is 1090. The number of aryl methyl sites for hydroxylation is 1. The molecule has 4 aromatic rings. The van der Waals surface area contributed by atoms with E-state index in [9.17, 15) is 0 Å². The summed E-state index contributed by atoms with van der Waals surface area (Å²) in [4.78, 5) is 12.3. The van der Waals surface area contributed by atoms with Crippen LogP contribution in [0.15, 0.2) is 64.8 Å². The van der Waals surface area contributed by atoms with E-state index >= 15 is 0 Å². The Hall–Kier alpha value is -3.03. The van der Waals surface area contributed by atoms with Gasteiger partial charge in [-0.25, -0.2) is 0 Å². The zero-order valence-corrected chi connectivity index (χ0v) is 16.8. The van der Waals surface area contributed by atoms with Gasteiger partial charge in [-0.2, -0.15) is 4.98 Å². The molecule has 1 saturated heterocycles. The molecular weight excluding hydrogens is 384 g/mol. The third kappa shape index (κ3) is 3.92. The molecule has 6 nitrogen and oxygen atoms in total. The summed E-state index contributed by atoms with van der Waals surface area (Å²) in [5.41, 5.74) is 3.12. The molecule has 0 radical (unpaired) electrons. The molecule has 0 unspecified atom stereocenters. The predicted octanol–water partition coefficient (Wildman–Crippen LogP) is 4.43. The van der Waals surface area contributed by atoms with Crippen molar-refractivity contribution in [1.29, 1.82) is 0 Å². The number of likely N-dealkylation sites (tertiary alicyclic amines) is 1. The molecule has 3 aromatic heterocycles. The number of hydrogen-bond acceptors (Lipinski definition) is 7. The summed E-state index contributed by atoms with van der Waals surface area (Å²) in [5.74, 6) is 1.91. The number of aromatic nitrogens is 3. The molecule has 146 valence electrons. The van der Waals surface area contributed by atoms with Crippen LogP contribution in [-0.2, 0) is 6.54 Å². The normalized spacial score (nSPS) is 14.7. The molecule has 0 atom stereocenters. The van der Waals surface area contributed by atoms with Crippen molar-refractivity contribution in [3.63, 3.8) is 0 Å². The average Bonchev–Trinajstić information content (AvgIpc) is 3.37. The van der Waals surface area contributed by atoms with Gasteiger partial charge in [0.05, 0.1) is 0 Å². The highest BCUT2D eigenvalue weighted by atomic mass is 32.1. The smallest absolute Gasteiger partial charge is 0.258 e. The first-order valence-corrected chi connectivity index (χ1v) is 10.4. The minimum atomic E-state index is 0.240. The zero-order valence-electron chi connectivity index (χ0n) is 16.0. The maximum Gasteiger partial charge on any atom is 0.258 e. The molecule has 0 bridgehead atoms. The predicted molar refractivity (Wildman–Crippen MR) is 112 cm³/mol. The molecule has 1 aliphatic heterocycles. The van der Waals surface area contributed by atoms with Gasteiger partial charge >= 0.3 is 0 Å². The third-order valence-electron chi connectivity index (χ3n) is 5.03. The van der Waals surface area contributed by atoms with Crippen LogP contribution in [0, 0.1) is 6.92 Å². The summed E-state index contributed by atoms with van der Waals surface area (Å²) < 4.78 is 11.5. The topological polar surface area (TPSA) is 64.3 Å². The molecule has 7 heteroatoms. The number of benzene rings is 1. The lowest BCUT2D eigenvalue weighted by atomic mass is 10.1. The van der Waals surface area contributed by atoms with Crippen molar-refractivity contribution in [3.8, 4) is 28.6 Å². The molecule has 4 heterocycles. The van der Waals surface area contributed by atoms with Crippen LogP contribution in [0.1, 0.15) is 10.4 Å². The fourth-order valence-electron chi connectivity index (χ4n) is 3.32. The van der Waals surface area contributed by atoms with E-state index in [2.05, 4.69) is 38.4 Å². The number of rotatable bonds is 6. The van der Waals surface area contributed by atoms with Crippen LogP contribution in [0.5, 0.6) is 5.75 Å². The van der Waals surface area contributed by atoms with Gasteiger partial charge in [0.1, 0.15) is 11.9 Å². The van der Waals surface area contributed by atoms with E-state index < -0.39 is 0 Å². The van der Waals surface area contributed by atoms with Crippen LogP contribution in [-0.4, -0.2) is 39.2 Å². The molecule has 0 saturated carbocycles. The molecule has 0 spiro atoms. The first-order chi connectivity index (χ1) is 14.2. The summed E-state index contributed by atoms with van der Waals surface area (Å²) in [6.07, 6.45) is 3.65. The van der Waals surface area contributed by atoms with Crippen LogP contribution in [0.4, 0.5) is 0 Å². The van der Waals surface area contributed by atoms with Crippen molar-refractivity contribution in [2.75, 3.05) is 13.1 Å². The van der Waals surface area contributed by atoms with Crippen molar-refractivity contribution in [2.24, 2.45) is 0 Å². The van der Waals surface area contributed by atoms with Crippen molar-refractivity contribution < 1.29 is 9.26 Å². The molecule has 1 aromatic carbocycles. The number of thiophene rings is 1. The van der Waals surface area contributed by atoms with Gasteiger partial charge in [-0.1, -0.05) is 5.16 Å². The Morgan fingerprint density at radius 3 is 2.59 bits per heavy atom. The van der Waals surface area contributed by atoms with Gasteiger partial charge < -0.3 is 9.26 Å². The van der Waals surface area contributed by atoms with Crippen LogP contribution >= 0.6 is 11.3 Å². The monoisotopic (exact) mass is 404 g/mol. The number of ether oxygens (including phenoxy) is 1. The minimum absolute atomic E-state index is 0.240. The lowest BCUT2D eigenvalue weighted by Gasteiger charge is -2.38. The van der Waals surface area contributed by atoms with Gasteiger partial charge in [-0.05, 0) is 60.3 Å². The lowest BCUT2D eigenvalue weighted by molar-refractivity contribution is 0.0151. The lowest BCUT2D eigenvalue weighted by Crippen LogP contribution is -2.53. The van der Waals surface area contributed by atoms with Crippen LogP contribution in [0.3, 0.4) is 0 Å². The highest BCUT2D eigenvalue weighted by Gasteiger charge is 2.28. The van der Waals surface area contributed by atoms with Crippen molar-refractivity contribution in [3.05, 3.63) is 70.7 Å². The van der Waals surface area contributed by atoms with Crippen molar-refractivity contribution in [1.82, 2.24) is 20.0 Å². The highest BCUT2D eigenvalue weighted by Crippen LogP contribution is 2.26. The summed E-state index contributed by atoms with van der Waals surface area (Å²) in [6, 6.07) is 13.7. The van der Waals surface area contributed by atoms with E-state index in [1.165, 1.54) is 10.4 Å². The van der Waals surface area contributed by atoms with E-state index in [0.717, 1.165) is 36.5 Å². The molecule has 1 aliphatic rings. The summed E-state index contributed by atoms with van der Waals surface area (Å²) in [5, 5.41) is 6.24. The Morgan fingerprint density at radius 1 is 1.07 bits per heavy atom. The van der Waals surface area contributed by atoms with E-state index in [1.807, 2.05) is 47.7 Å². The quantitative estimate of drug-likeness (QED) is 0.474. The molecule has 0 N–H and O–H groups in total. The van der Waals surface area contributed by atoms with E-state index in [1.54, 1.807) is 12.4 Å². The number of hydrogen-bond donors (Lipinski definition) is 0. The second-order valence-corrected chi connectivity index (χ2v) is 8.14. The zero-order chi connectivity index (χ0) is 19.6. The fraction of sp³-hybridized carbons (Fsp3) is 0.227. The van der Waals surface area contributed by atoms with Crippen molar-refractivity contribution in [2.45, 2.75) is 19.6 Å². The molecule has 29 heavy (non-hydrogen) atoms. The van der Waals surface area contributed by atoms with Gasteiger partial charge in [0.15, 0.2) is 0 Å². The molecule has 0 aliphatic carbocycles. The van der Waals surface area contributed by atoms with Crippen LogP contribution < -0.4 is 4.74 Å². The second kappa shape index (κ2) is 7.77. The summed E-state index contributed by atoms with van der Waals surface area (Å²) in [6.45, 7) is 5.10. The second-order valence-electron chi connectivity index (χ2n) is 7.14. The molecule has 1 fully saturated rings.